The minimum absolute atomic E-state index is 0.0306. The number of thioether (sulfide) groups is 1. The zero-order chi connectivity index (χ0) is 20.4. The summed E-state index contributed by atoms with van der Waals surface area (Å²) in [6.45, 7) is 1.80. The number of anilines is 1. The number of halogens is 1. The van der Waals surface area contributed by atoms with Gasteiger partial charge in [-0.05, 0) is 44.0 Å². The highest BCUT2D eigenvalue weighted by Crippen LogP contribution is 2.33. The number of hydrogen-bond donors (Lipinski definition) is 1. The number of pyridine rings is 1. The maximum Gasteiger partial charge on any atom is 0.262 e. The minimum Gasteiger partial charge on any atom is -0.310 e. The molecule has 0 radical (unpaired) electrons. The van der Waals surface area contributed by atoms with Crippen molar-refractivity contribution in [1.82, 2.24) is 14.5 Å². The first-order valence-corrected chi connectivity index (χ1v) is 10.9. The second-order valence-corrected chi connectivity index (χ2v) is 8.88. The van der Waals surface area contributed by atoms with Crippen LogP contribution in [0.15, 0.2) is 52.5 Å². The van der Waals surface area contributed by atoms with Crippen molar-refractivity contribution in [3.63, 3.8) is 0 Å². The van der Waals surface area contributed by atoms with Crippen molar-refractivity contribution in [2.45, 2.75) is 49.1 Å². The fourth-order valence-corrected chi connectivity index (χ4v) is 4.67. The van der Waals surface area contributed by atoms with Gasteiger partial charge < -0.3 is 5.32 Å². The largest absolute Gasteiger partial charge is 0.310 e. The van der Waals surface area contributed by atoms with E-state index < -0.39 is 5.25 Å². The average Bonchev–Trinajstić information content (AvgIpc) is 3.24. The molecule has 1 amide bonds. The standard InChI is InChI=1S/C21H21ClN4O2S/c1-13(19(27)25-18-11-10-14(22)12-23-18)29-21-24-17-9-5-4-8-16(17)20(28)26(21)15-6-2-3-7-15/h4-5,8-13,15H,2-3,6-7H2,1H3,(H,23,25,27). The van der Waals surface area contributed by atoms with Crippen LogP contribution in [0.4, 0.5) is 5.82 Å². The summed E-state index contributed by atoms with van der Waals surface area (Å²) in [5.41, 5.74) is 0.623. The smallest absolute Gasteiger partial charge is 0.262 e. The van der Waals surface area contributed by atoms with Gasteiger partial charge in [0, 0.05) is 12.2 Å². The molecule has 0 saturated heterocycles. The van der Waals surface area contributed by atoms with E-state index in [0.29, 0.717) is 26.9 Å². The molecule has 0 bridgehead atoms. The van der Waals surface area contributed by atoms with Gasteiger partial charge in [-0.2, -0.15) is 0 Å². The molecular weight excluding hydrogens is 408 g/mol. The van der Waals surface area contributed by atoms with E-state index in [4.69, 9.17) is 16.6 Å². The lowest BCUT2D eigenvalue weighted by Crippen LogP contribution is -2.29. The van der Waals surface area contributed by atoms with Gasteiger partial charge in [0.2, 0.25) is 5.91 Å². The third kappa shape index (κ3) is 4.31. The second kappa shape index (κ2) is 8.55. The first kappa shape index (κ1) is 19.9. The third-order valence-corrected chi connectivity index (χ3v) is 6.39. The van der Waals surface area contributed by atoms with Crippen molar-refractivity contribution in [3.05, 3.63) is 58.0 Å². The van der Waals surface area contributed by atoms with Gasteiger partial charge >= 0.3 is 0 Å². The maximum atomic E-state index is 13.2. The Morgan fingerprint density at radius 1 is 1.24 bits per heavy atom. The van der Waals surface area contributed by atoms with Gasteiger partial charge in [-0.3, -0.25) is 14.2 Å². The van der Waals surface area contributed by atoms with Gasteiger partial charge in [-0.1, -0.05) is 48.3 Å². The molecule has 2 aromatic heterocycles. The van der Waals surface area contributed by atoms with Crippen molar-refractivity contribution in [3.8, 4) is 0 Å². The highest BCUT2D eigenvalue weighted by molar-refractivity contribution is 8.00. The van der Waals surface area contributed by atoms with Crippen LogP contribution in [0, 0.1) is 0 Å². The van der Waals surface area contributed by atoms with E-state index in [2.05, 4.69) is 10.3 Å². The Bertz CT molecular complexity index is 1090. The molecule has 29 heavy (non-hydrogen) atoms. The molecule has 1 saturated carbocycles. The van der Waals surface area contributed by atoms with E-state index in [1.54, 1.807) is 23.6 Å². The van der Waals surface area contributed by atoms with Crippen LogP contribution in [-0.2, 0) is 4.79 Å². The molecule has 1 unspecified atom stereocenters. The number of hydrogen-bond acceptors (Lipinski definition) is 5. The van der Waals surface area contributed by atoms with Crippen LogP contribution in [0.5, 0.6) is 0 Å². The second-order valence-electron chi connectivity index (χ2n) is 7.14. The number of fused-ring (bicyclic) bond motifs is 1. The van der Waals surface area contributed by atoms with E-state index in [-0.39, 0.29) is 17.5 Å². The molecule has 2 heterocycles. The Labute approximate surface area is 177 Å². The van der Waals surface area contributed by atoms with E-state index in [1.807, 2.05) is 24.3 Å². The van der Waals surface area contributed by atoms with Crippen LogP contribution in [0.3, 0.4) is 0 Å². The Kier molecular flexibility index (Phi) is 5.87. The molecular formula is C21H21ClN4O2S. The molecule has 4 rings (SSSR count). The molecule has 150 valence electrons. The summed E-state index contributed by atoms with van der Waals surface area (Å²) in [6.07, 6.45) is 5.61. The quantitative estimate of drug-likeness (QED) is 0.471. The number of carbonyl (C=O) groups is 1. The van der Waals surface area contributed by atoms with Gasteiger partial charge in [0.15, 0.2) is 5.16 Å². The van der Waals surface area contributed by atoms with Crippen LogP contribution < -0.4 is 10.9 Å². The van der Waals surface area contributed by atoms with E-state index in [0.717, 1.165) is 25.7 Å². The van der Waals surface area contributed by atoms with Crippen molar-refractivity contribution in [1.29, 1.82) is 0 Å². The first-order valence-electron chi connectivity index (χ1n) is 9.63. The van der Waals surface area contributed by atoms with Crippen molar-refractivity contribution < 1.29 is 4.79 Å². The van der Waals surface area contributed by atoms with Crippen molar-refractivity contribution in [2.75, 3.05) is 5.32 Å². The van der Waals surface area contributed by atoms with Gasteiger partial charge in [0.05, 0.1) is 21.2 Å². The highest BCUT2D eigenvalue weighted by Gasteiger charge is 2.25. The number of carbonyl (C=O) groups excluding carboxylic acids is 1. The molecule has 3 aromatic rings. The summed E-state index contributed by atoms with van der Waals surface area (Å²) in [5, 5.41) is 4.05. The predicted molar refractivity (Wildman–Crippen MR) is 117 cm³/mol. The average molecular weight is 429 g/mol. The Hall–Kier alpha value is -2.38. The van der Waals surface area contributed by atoms with Crippen LogP contribution in [-0.4, -0.2) is 25.7 Å². The van der Waals surface area contributed by atoms with E-state index in [9.17, 15) is 9.59 Å². The van der Waals surface area contributed by atoms with Gasteiger partial charge in [0.25, 0.3) is 5.56 Å². The predicted octanol–water partition coefficient (Wildman–Crippen LogP) is 4.68. The number of nitrogens with zero attached hydrogens (tertiary/aromatic N) is 3. The normalized spacial score (nSPS) is 15.5. The molecule has 1 atom stereocenters. The molecule has 8 heteroatoms. The summed E-state index contributed by atoms with van der Waals surface area (Å²) >= 11 is 7.14. The lowest BCUT2D eigenvalue weighted by atomic mass is 10.2. The highest BCUT2D eigenvalue weighted by atomic mass is 35.5. The maximum absolute atomic E-state index is 13.2. The van der Waals surface area contributed by atoms with Crippen LogP contribution in [0.25, 0.3) is 10.9 Å². The Balaban J connectivity index is 1.63. The number of aromatic nitrogens is 3. The van der Waals surface area contributed by atoms with Gasteiger partial charge in [0.1, 0.15) is 5.82 Å². The van der Waals surface area contributed by atoms with Gasteiger partial charge in [-0.25, -0.2) is 9.97 Å². The summed E-state index contributed by atoms with van der Waals surface area (Å²) < 4.78 is 1.80. The van der Waals surface area contributed by atoms with Crippen molar-refractivity contribution in [2.24, 2.45) is 0 Å². The Morgan fingerprint density at radius 3 is 2.72 bits per heavy atom. The number of amides is 1. The lowest BCUT2D eigenvalue weighted by Gasteiger charge is -2.20. The fraction of sp³-hybridized carbons (Fsp3) is 0.333. The monoisotopic (exact) mass is 428 g/mol. The number of benzene rings is 1. The van der Waals surface area contributed by atoms with Crippen LogP contribution in [0.1, 0.15) is 38.6 Å². The fourth-order valence-electron chi connectivity index (χ4n) is 3.58. The van der Waals surface area contributed by atoms with E-state index in [1.165, 1.54) is 18.0 Å². The minimum atomic E-state index is -0.451. The SMILES string of the molecule is CC(Sc1nc2ccccc2c(=O)n1C1CCCC1)C(=O)Nc1ccc(Cl)cn1. The summed E-state index contributed by atoms with van der Waals surface area (Å²) in [5.74, 6) is 0.233. The first-order chi connectivity index (χ1) is 14.0. The van der Waals surface area contributed by atoms with Crippen molar-refractivity contribution >= 4 is 46.0 Å². The number of rotatable bonds is 5. The molecule has 6 nitrogen and oxygen atoms in total. The molecule has 1 fully saturated rings. The molecule has 1 N–H and O–H groups in total. The number of para-hydroxylation sites is 1. The Morgan fingerprint density at radius 2 is 2.00 bits per heavy atom. The topological polar surface area (TPSA) is 76.9 Å². The zero-order valence-corrected chi connectivity index (χ0v) is 17.5. The molecule has 0 spiro atoms. The molecule has 1 aromatic carbocycles. The van der Waals surface area contributed by atoms with Gasteiger partial charge in [-0.15, -0.1) is 0 Å². The molecule has 0 aliphatic heterocycles. The van der Waals surface area contributed by atoms with Crippen LogP contribution >= 0.6 is 23.4 Å². The zero-order valence-electron chi connectivity index (χ0n) is 16.0. The molecule has 1 aliphatic rings. The lowest BCUT2D eigenvalue weighted by molar-refractivity contribution is -0.115. The summed E-state index contributed by atoms with van der Waals surface area (Å²) in [7, 11) is 0. The summed E-state index contributed by atoms with van der Waals surface area (Å²) in [4.78, 5) is 34.7. The van der Waals surface area contributed by atoms with E-state index >= 15 is 0 Å². The molecule has 1 aliphatic carbocycles. The summed E-state index contributed by atoms with van der Waals surface area (Å²) in [6, 6.07) is 10.8. The third-order valence-electron chi connectivity index (χ3n) is 5.10. The number of nitrogens with one attached hydrogen (secondary N) is 1. The van der Waals surface area contributed by atoms with Crippen LogP contribution in [0.2, 0.25) is 5.02 Å².